The average molecular weight is 201 g/mol. The Labute approximate surface area is 78.2 Å². The third-order valence-corrected chi connectivity index (χ3v) is 2.26. The zero-order valence-corrected chi connectivity index (χ0v) is 7.82. The molecule has 0 aliphatic rings. The Morgan fingerprint density at radius 2 is 2.42 bits per heavy atom. The Balaban J connectivity index is 2.50. The minimum atomic E-state index is 0.431. The SMILES string of the molecule is Cc1ccoc1-c1nsc(Cl)n1. The van der Waals surface area contributed by atoms with Crippen LogP contribution < -0.4 is 0 Å². The fraction of sp³-hybridized carbons (Fsp3) is 0.143. The van der Waals surface area contributed by atoms with Crippen LogP contribution in [0.1, 0.15) is 5.56 Å². The highest BCUT2D eigenvalue weighted by atomic mass is 35.5. The molecule has 0 spiro atoms. The van der Waals surface area contributed by atoms with Crippen molar-refractivity contribution in [1.82, 2.24) is 9.36 Å². The summed E-state index contributed by atoms with van der Waals surface area (Å²) in [5.74, 6) is 1.26. The van der Waals surface area contributed by atoms with E-state index in [1.165, 1.54) is 0 Å². The molecular weight excluding hydrogens is 196 g/mol. The highest BCUT2D eigenvalue weighted by Crippen LogP contribution is 2.24. The minimum Gasteiger partial charge on any atom is -0.461 e. The molecular formula is C7H5ClN2OS. The first-order chi connectivity index (χ1) is 5.77. The van der Waals surface area contributed by atoms with Crippen LogP contribution in [0.25, 0.3) is 11.6 Å². The summed E-state index contributed by atoms with van der Waals surface area (Å²) in [6.45, 7) is 1.94. The van der Waals surface area contributed by atoms with Gasteiger partial charge in [0.2, 0.25) is 10.3 Å². The summed E-state index contributed by atoms with van der Waals surface area (Å²) in [5, 5.41) is 0. The molecule has 0 aromatic carbocycles. The highest BCUT2D eigenvalue weighted by Gasteiger charge is 2.10. The Hall–Kier alpha value is -0.870. The van der Waals surface area contributed by atoms with E-state index in [1.807, 2.05) is 13.0 Å². The zero-order chi connectivity index (χ0) is 8.55. The van der Waals surface area contributed by atoms with Crippen LogP contribution in [0.4, 0.5) is 0 Å². The molecule has 0 fully saturated rings. The van der Waals surface area contributed by atoms with Crippen LogP contribution in [0.3, 0.4) is 0 Å². The van der Waals surface area contributed by atoms with Gasteiger partial charge >= 0.3 is 0 Å². The number of furan rings is 1. The van der Waals surface area contributed by atoms with E-state index in [1.54, 1.807) is 6.26 Å². The van der Waals surface area contributed by atoms with Crippen molar-refractivity contribution in [3.63, 3.8) is 0 Å². The van der Waals surface area contributed by atoms with Gasteiger partial charge in [-0.15, -0.1) is 0 Å². The number of hydrogen-bond acceptors (Lipinski definition) is 4. The Bertz CT molecular complexity index is 396. The van der Waals surface area contributed by atoms with Crippen LogP contribution in [-0.2, 0) is 0 Å². The fourth-order valence-corrected chi connectivity index (χ4v) is 1.50. The van der Waals surface area contributed by atoms with E-state index in [4.69, 9.17) is 16.0 Å². The lowest BCUT2D eigenvalue weighted by Crippen LogP contribution is -1.78. The van der Waals surface area contributed by atoms with Crippen molar-refractivity contribution >= 4 is 23.1 Å². The maximum atomic E-state index is 5.63. The van der Waals surface area contributed by atoms with E-state index < -0.39 is 0 Å². The summed E-state index contributed by atoms with van der Waals surface area (Å²) in [4.78, 5) is 3.99. The molecule has 0 saturated heterocycles. The lowest BCUT2D eigenvalue weighted by Gasteiger charge is -1.88. The maximum absolute atomic E-state index is 5.63. The van der Waals surface area contributed by atoms with Gasteiger partial charge in [0.1, 0.15) is 0 Å². The second-order valence-corrected chi connectivity index (χ2v) is 3.64. The molecule has 0 unspecified atom stereocenters. The van der Waals surface area contributed by atoms with Gasteiger partial charge in [-0.05, 0) is 41.7 Å². The van der Waals surface area contributed by atoms with Crippen molar-refractivity contribution in [3.8, 4) is 11.6 Å². The smallest absolute Gasteiger partial charge is 0.210 e. The molecule has 0 bridgehead atoms. The first-order valence-corrected chi connectivity index (χ1v) is 4.46. The van der Waals surface area contributed by atoms with Gasteiger partial charge in [-0.2, -0.15) is 4.37 Å². The molecule has 0 amide bonds. The quantitative estimate of drug-likeness (QED) is 0.711. The number of halogens is 1. The van der Waals surface area contributed by atoms with Gasteiger partial charge in [-0.3, -0.25) is 0 Å². The van der Waals surface area contributed by atoms with Crippen LogP contribution in [0.15, 0.2) is 16.7 Å². The summed E-state index contributed by atoms with van der Waals surface area (Å²) >= 11 is 6.79. The minimum absolute atomic E-state index is 0.431. The summed E-state index contributed by atoms with van der Waals surface area (Å²) in [5.41, 5.74) is 1.02. The van der Waals surface area contributed by atoms with Gasteiger partial charge in [0.15, 0.2) is 5.76 Å². The Morgan fingerprint density at radius 3 is 2.92 bits per heavy atom. The first-order valence-electron chi connectivity index (χ1n) is 3.31. The third kappa shape index (κ3) is 1.23. The predicted molar refractivity (Wildman–Crippen MR) is 47.4 cm³/mol. The van der Waals surface area contributed by atoms with Crippen LogP contribution in [0.2, 0.25) is 4.47 Å². The van der Waals surface area contributed by atoms with Crippen molar-refractivity contribution in [2.45, 2.75) is 6.92 Å². The largest absolute Gasteiger partial charge is 0.461 e. The van der Waals surface area contributed by atoms with Crippen LogP contribution in [-0.4, -0.2) is 9.36 Å². The van der Waals surface area contributed by atoms with E-state index in [9.17, 15) is 0 Å². The predicted octanol–water partition coefficient (Wildman–Crippen LogP) is 2.76. The molecule has 0 N–H and O–H groups in total. The third-order valence-electron chi connectivity index (χ3n) is 1.47. The first kappa shape index (κ1) is 7.76. The van der Waals surface area contributed by atoms with Gasteiger partial charge < -0.3 is 4.42 Å². The lowest BCUT2D eigenvalue weighted by atomic mass is 10.3. The average Bonchev–Trinajstić information content (AvgIpc) is 2.58. The standard InChI is InChI=1S/C7H5ClN2OS/c1-4-2-3-11-5(4)6-9-7(8)12-10-6/h2-3H,1H3. The van der Waals surface area contributed by atoms with E-state index in [0.29, 0.717) is 16.1 Å². The monoisotopic (exact) mass is 200 g/mol. The molecule has 2 aromatic rings. The molecule has 2 aromatic heterocycles. The highest BCUT2D eigenvalue weighted by molar-refractivity contribution is 7.10. The van der Waals surface area contributed by atoms with Crippen LogP contribution in [0.5, 0.6) is 0 Å². The number of hydrogen-bond donors (Lipinski definition) is 0. The molecule has 0 atom stereocenters. The molecule has 0 saturated carbocycles. The van der Waals surface area contributed by atoms with Crippen LogP contribution >= 0.6 is 23.1 Å². The molecule has 2 heterocycles. The number of nitrogens with zero attached hydrogens (tertiary/aromatic N) is 2. The number of aromatic nitrogens is 2. The van der Waals surface area contributed by atoms with Crippen molar-refractivity contribution in [2.24, 2.45) is 0 Å². The van der Waals surface area contributed by atoms with Crippen molar-refractivity contribution in [2.75, 3.05) is 0 Å². The van der Waals surface area contributed by atoms with E-state index in [-0.39, 0.29) is 0 Å². The van der Waals surface area contributed by atoms with Gasteiger partial charge in [0, 0.05) is 0 Å². The lowest BCUT2D eigenvalue weighted by molar-refractivity contribution is 0.577. The normalized spacial score (nSPS) is 10.5. The van der Waals surface area contributed by atoms with Crippen molar-refractivity contribution in [3.05, 3.63) is 22.4 Å². The van der Waals surface area contributed by atoms with Crippen LogP contribution in [0, 0.1) is 6.92 Å². The van der Waals surface area contributed by atoms with E-state index in [0.717, 1.165) is 17.1 Å². The summed E-state index contributed by atoms with van der Waals surface area (Å²) in [7, 11) is 0. The zero-order valence-electron chi connectivity index (χ0n) is 6.24. The molecule has 5 heteroatoms. The summed E-state index contributed by atoms with van der Waals surface area (Å²) in [6, 6.07) is 1.87. The Kier molecular flexibility index (Phi) is 1.86. The second kappa shape index (κ2) is 2.88. The van der Waals surface area contributed by atoms with E-state index in [2.05, 4.69) is 9.36 Å². The maximum Gasteiger partial charge on any atom is 0.210 e. The summed E-state index contributed by atoms with van der Waals surface area (Å²) in [6.07, 6.45) is 1.61. The van der Waals surface area contributed by atoms with E-state index >= 15 is 0 Å². The fourth-order valence-electron chi connectivity index (χ4n) is 0.899. The van der Waals surface area contributed by atoms with Gasteiger partial charge in [-0.25, -0.2) is 4.98 Å². The van der Waals surface area contributed by atoms with Gasteiger partial charge in [0.05, 0.1) is 6.26 Å². The number of aryl methyl sites for hydroxylation is 1. The molecule has 12 heavy (non-hydrogen) atoms. The van der Waals surface area contributed by atoms with Gasteiger partial charge in [-0.1, -0.05) is 0 Å². The molecule has 3 nitrogen and oxygen atoms in total. The van der Waals surface area contributed by atoms with Crippen molar-refractivity contribution < 1.29 is 4.42 Å². The van der Waals surface area contributed by atoms with Gasteiger partial charge in [0.25, 0.3) is 0 Å². The Morgan fingerprint density at radius 1 is 1.58 bits per heavy atom. The molecule has 0 aliphatic carbocycles. The summed E-state index contributed by atoms with van der Waals surface area (Å²) < 4.78 is 9.64. The van der Waals surface area contributed by atoms with Crippen molar-refractivity contribution in [1.29, 1.82) is 0 Å². The molecule has 62 valence electrons. The molecule has 2 rings (SSSR count). The second-order valence-electron chi connectivity index (χ2n) is 2.30. The molecule has 0 aliphatic heterocycles. The number of rotatable bonds is 1. The molecule has 0 radical (unpaired) electrons. The topological polar surface area (TPSA) is 38.9 Å².